The van der Waals surface area contributed by atoms with Crippen LogP contribution in [0.1, 0.15) is 43.0 Å². The average molecular weight is 387 g/mol. The Morgan fingerprint density at radius 1 is 0.862 bits per heavy atom. The lowest BCUT2D eigenvalue weighted by atomic mass is 10.1. The van der Waals surface area contributed by atoms with Gasteiger partial charge in [-0.3, -0.25) is 4.79 Å². The minimum atomic E-state index is -0.497. The van der Waals surface area contributed by atoms with E-state index < -0.39 is 5.97 Å². The summed E-state index contributed by atoms with van der Waals surface area (Å²) in [7, 11) is 1.73. The molecule has 1 amide bonds. The lowest BCUT2D eigenvalue weighted by molar-refractivity contribution is 0.0466. The largest absolute Gasteiger partial charge is 0.457 e. The van der Waals surface area contributed by atoms with Crippen molar-refractivity contribution in [3.8, 4) is 0 Å². The molecule has 3 aromatic rings. The summed E-state index contributed by atoms with van der Waals surface area (Å²) >= 11 is 0. The molecule has 0 saturated carbocycles. The molecule has 0 unspecified atom stereocenters. The predicted molar refractivity (Wildman–Crippen MR) is 114 cm³/mol. The molecule has 29 heavy (non-hydrogen) atoms. The number of esters is 1. The Balaban J connectivity index is 1.74. The van der Waals surface area contributed by atoms with Crippen molar-refractivity contribution in [3.63, 3.8) is 0 Å². The molecule has 0 radical (unpaired) electrons. The first-order valence-corrected chi connectivity index (χ1v) is 9.57. The van der Waals surface area contributed by atoms with Crippen LogP contribution in [0.5, 0.6) is 0 Å². The molecule has 0 bridgehead atoms. The molecule has 0 fully saturated rings. The summed E-state index contributed by atoms with van der Waals surface area (Å²) in [5.74, 6) is -0.712. The van der Waals surface area contributed by atoms with Crippen molar-refractivity contribution in [2.24, 2.45) is 0 Å². The number of ether oxygens (including phenoxy) is 1. The van der Waals surface area contributed by atoms with Crippen molar-refractivity contribution >= 4 is 11.9 Å². The van der Waals surface area contributed by atoms with Crippen LogP contribution in [0.2, 0.25) is 0 Å². The van der Waals surface area contributed by atoms with Gasteiger partial charge in [0.1, 0.15) is 6.61 Å². The van der Waals surface area contributed by atoms with Gasteiger partial charge in [0.2, 0.25) is 0 Å². The fraction of sp³-hybridized carbons (Fsp3) is 0.200. The van der Waals surface area contributed by atoms with E-state index in [-0.39, 0.29) is 18.1 Å². The molecule has 3 aromatic carbocycles. The molecule has 0 aliphatic heterocycles. The number of carbonyl (C=O) groups excluding carboxylic acids is 2. The lowest BCUT2D eigenvalue weighted by Crippen LogP contribution is -2.28. The first-order valence-electron chi connectivity index (χ1n) is 9.57. The summed E-state index contributed by atoms with van der Waals surface area (Å²) in [5, 5.41) is 0. The molecule has 0 spiro atoms. The molecule has 4 heteroatoms. The summed E-state index contributed by atoms with van der Waals surface area (Å²) in [6.45, 7) is 4.63. The Morgan fingerprint density at radius 2 is 1.52 bits per heavy atom. The van der Waals surface area contributed by atoms with E-state index in [1.807, 2.05) is 62.4 Å². The number of amides is 1. The fourth-order valence-electron chi connectivity index (χ4n) is 3.16. The topological polar surface area (TPSA) is 46.6 Å². The van der Waals surface area contributed by atoms with Crippen LogP contribution in [0.4, 0.5) is 0 Å². The number of carbonyl (C=O) groups is 2. The Morgan fingerprint density at radius 3 is 2.24 bits per heavy atom. The first-order chi connectivity index (χ1) is 14.0. The monoisotopic (exact) mass is 387 g/mol. The molecule has 0 aromatic heterocycles. The molecule has 3 rings (SSSR count). The molecule has 148 valence electrons. The van der Waals surface area contributed by atoms with Crippen LogP contribution >= 0.6 is 0 Å². The van der Waals surface area contributed by atoms with Gasteiger partial charge in [-0.25, -0.2) is 4.79 Å². The summed E-state index contributed by atoms with van der Waals surface area (Å²) in [6, 6.07) is 22.6. The van der Waals surface area contributed by atoms with Gasteiger partial charge in [-0.2, -0.15) is 0 Å². The van der Waals surface area contributed by atoms with Crippen molar-refractivity contribution in [2.45, 2.75) is 27.0 Å². The smallest absolute Gasteiger partial charge is 0.339 e. The van der Waals surface area contributed by atoms with E-state index >= 15 is 0 Å². The molecule has 0 aliphatic rings. The van der Waals surface area contributed by atoms with Crippen LogP contribution in [0.3, 0.4) is 0 Å². The summed E-state index contributed by atoms with van der Waals surface area (Å²) in [5.41, 5.74) is 4.79. The van der Waals surface area contributed by atoms with Gasteiger partial charge in [0.25, 0.3) is 5.91 Å². The normalized spacial score (nSPS) is 10.4. The second kappa shape index (κ2) is 9.20. The molecule has 0 aliphatic carbocycles. The van der Waals surface area contributed by atoms with Gasteiger partial charge < -0.3 is 9.64 Å². The summed E-state index contributed by atoms with van der Waals surface area (Å²) < 4.78 is 5.53. The molecule has 4 nitrogen and oxygen atoms in total. The Hall–Kier alpha value is -3.40. The third kappa shape index (κ3) is 5.11. The van der Waals surface area contributed by atoms with Gasteiger partial charge in [0, 0.05) is 13.6 Å². The zero-order chi connectivity index (χ0) is 20.8. The van der Waals surface area contributed by atoms with E-state index in [1.54, 1.807) is 36.2 Å². The number of rotatable bonds is 6. The van der Waals surface area contributed by atoms with Crippen molar-refractivity contribution in [2.75, 3.05) is 7.05 Å². The molecule has 0 N–H and O–H groups in total. The molecule has 0 saturated heterocycles. The van der Waals surface area contributed by atoms with Crippen LogP contribution in [-0.4, -0.2) is 23.8 Å². The van der Waals surface area contributed by atoms with Crippen LogP contribution in [0.15, 0.2) is 72.8 Å². The fourth-order valence-corrected chi connectivity index (χ4v) is 3.16. The Labute approximate surface area is 171 Å². The number of hydrogen-bond donors (Lipinski definition) is 0. The third-order valence-corrected chi connectivity index (χ3v) is 4.85. The van der Waals surface area contributed by atoms with Gasteiger partial charge >= 0.3 is 5.97 Å². The Kier molecular flexibility index (Phi) is 6.45. The maximum absolute atomic E-state index is 13.0. The van der Waals surface area contributed by atoms with Gasteiger partial charge in [-0.15, -0.1) is 0 Å². The van der Waals surface area contributed by atoms with E-state index in [0.717, 1.165) is 22.3 Å². The van der Waals surface area contributed by atoms with Crippen LogP contribution < -0.4 is 0 Å². The van der Waals surface area contributed by atoms with Crippen molar-refractivity contribution in [3.05, 3.63) is 106 Å². The highest BCUT2D eigenvalue weighted by Gasteiger charge is 2.21. The average Bonchev–Trinajstić information content (AvgIpc) is 2.74. The first kappa shape index (κ1) is 20.3. The van der Waals surface area contributed by atoms with Crippen molar-refractivity contribution in [1.29, 1.82) is 0 Å². The van der Waals surface area contributed by atoms with Crippen LogP contribution in [0, 0.1) is 13.8 Å². The van der Waals surface area contributed by atoms with Crippen molar-refractivity contribution < 1.29 is 14.3 Å². The second-order valence-electron chi connectivity index (χ2n) is 7.20. The molecular formula is C25H25NO3. The Bertz CT molecular complexity index is 1010. The molecule has 0 heterocycles. The molecular weight excluding hydrogens is 362 g/mol. The van der Waals surface area contributed by atoms with Gasteiger partial charge in [-0.1, -0.05) is 66.2 Å². The standard InChI is InChI=1S/C25H25NO3/c1-18-13-14-19(2)21(15-18)17-29-25(28)23-12-8-7-11-22(23)24(27)26(3)16-20-9-5-4-6-10-20/h4-15H,16-17H2,1-3H3. The quantitative estimate of drug-likeness (QED) is 0.563. The number of nitrogens with zero attached hydrogens (tertiary/aromatic N) is 1. The minimum Gasteiger partial charge on any atom is -0.457 e. The number of aryl methyl sites for hydroxylation is 2. The zero-order valence-corrected chi connectivity index (χ0v) is 17.0. The number of benzene rings is 3. The summed E-state index contributed by atoms with van der Waals surface area (Å²) in [6.07, 6.45) is 0. The van der Waals surface area contributed by atoms with Gasteiger partial charge in [0.15, 0.2) is 0 Å². The lowest BCUT2D eigenvalue weighted by Gasteiger charge is -2.19. The SMILES string of the molecule is Cc1ccc(C)c(COC(=O)c2ccccc2C(=O)N(C)Cc2ccccc2)c1. The van der Waals surface area contributed by atoms with E-state index in [9.17, 15) is 9.59 Å². The van der Waals surface area contributed by atoms with E-state index in [2.05, 4.69) is 0 Å². The maximum Gasteiger partial charge on any atom is 0.339 e. The van der Waals surface area contributed by atoms with Crippen molar-refractivity contribution in [1.82, 2.24) is 4.90 Å². The minimum absolute atomic E-state index is 0.175. The maximum atomic E-state index is 13.0. The highest BCUT2D eigenvalue weighted by Crippen LogP contribution is 2.17. The summed E-state index contributed by atoms with van der Waals surface area (Å²) in [4.78, 5) is 27.3. The highest BCUT2D eigenvalue weighted by atomic mass is 16.5. The van der Waals surface area contributed by atoms with Gasteiger partial charge in [-0.05, 0) is 42.7 Å². The third-order valence-electron chi connectivity index (χ3n) is 4.85. The van der Waals surface area contributed by atoms with E-state index in [4.69, 9.17) is 4.74 Å². The predicted octanol–water partition coefficient (Wildman–Crippen LogP) is 4.93. The van der Waals surface area contributed by atoms with E-state index in [1.165, 1.54) is 0 Å². The van der Waals surface area contributed by atoms with Crippen LogP contribution in [-0.2, 0) is 17.9 Å². The van der Waals surface area contributed by atoms with Crippen LogP contribution in [0.25, 0.3) is 0 Å². The number of hydrogen-bond acceptors (Lipinski definition) is 3. The second-order valence-corrected chi connectivity index (χ2v) is 7.20. The van der Waals surface area contributed by atoms with Gasteiger partial charge in [0.05, 0.1) is 11.1 Å². The van der Waals surface area contributed by atoms with E-state index in [0.29, 0.717) is 12.1 Å². The zero-order valence-electron chi connectivity index (χ0n) is 17.0. The molecule has 0 atom stereocenters. The highest BCUT2D eigenvalue weighted by molar-refractivity contribution is 6.05.